The van der Waals surface area contributed by atoms with E-state index in [0.29, 0.717) is 28.5 Å². The average molecular weight is 435 g/mol. The zero-order chi connectivity index (χ0) is 22.1. The van der Waals surface area contributed by atoms with Gasteiger partial charge < -0.3 is 9.32 Å². The third kappa shape index (κ3) is 3.93. The first-order valence-corrected chi connectivity index (χ1v) is 10.3. The summed E-state index contributed by atoms with van der Waals surface area (Å²) in [7, 11) is 0. The van der Waals surface area contributed by atoms with Gasteiger partial charge in [0.05, 0.1) is 12.4 Å². The molecule has 3 heterocycles. The summed E-state index contributed by atoms with van der Waals surface area (Å²) in [6, 6.07) is 10.3. The number of oxazole rings is 1. The van der Waals surface area contributed by atoms with Crippen LogP contribution in [0, 0.1) is 16.5 Å². The van der Waals surface area contributed by atoms with Crippen LogP contribution in [-0.2, 0) is 6.54 Å². The fraction of sp³-hybridized carbons (Fsp3) is 0.261. The maximum Gasteiger partial charge on any atom is 0.225 e. The smallest absolute Gasteiger partial charge is 0.225 e. The number of anilines is 1. The van der Waals surface area contributed by atoms with Crippen LogP contribution in [0.5, 0.6) is 0 Å². The van der Waals surface area contributed by atoms with Crippen molar-refractivity contribution in [3.8, 4) is 11.1 Å². The molecule has 1 aliphatic heterocycles. The Morgan fingerprint density at radius 2 is 1.75 bits per heavy atom. The lowest BCUT2D eigenvalue weighted by atomic mass is 9.97. The summed E-state index contributed by atoms with van der Waals surface area (Å²) >= 11 is 0. The van der Waals surface area contributed by atoms with E-state index in [0.717, 1.165) is 31.5 Å². The molecule has 0 saturated carbocycles. The topological polar surface area (TPSA) is 84.5 Å². The van der Waals surface area contributed by atoms with Crippen LogP contribution < -0.4 is 4.90 Å². The first-order chi connectivity index (χ1) is 15.6. The second-order valence-electron chi connectivity index (χ2n) is 7.79. The van der Waals surface area contributed by atoms with Gasteiger partial charge in [0.2, 0.25) is 5.95 Å². The SMILES string of the molecule is O=NCc1ccc(-c2ccc3oc(C4CCN(c5ncc(F)cn5)CC4)nc3c2)cc1F. The lowest BCUT2D eigenvalue weighted by molar-refractivity contribution is 0.405. The van der Waals surface area contributed by atoms with E-state index >= 15 is 0 Å². The summed E-state index contributed by atoms with van der Waals surface area (Å²) in [6.45, 7) is 1.26. The number of halogens is 2. The molecule has 4 aromatic rings. The highest BCUT2D eigenvalue weighted by atomic mass is 19.1. The van der Waals surface area contributed by atoms with Gasteiger partial charge in [-0.2, -0.15) is 4.91 Å². The van der Waals surface area contributed by atoms with E-state index in [9.17, 15) is 13.7 Å². The number of piperidine rings is 1. The fourth-order valence-electron chi connectivity index (χ4n) is 4.02. The van der Waals surface area contributed by atoms with E-state index in [1.54, 1.807) is 12.1 Å². The number of aromatic nitrogens is 3. The highest BCUT2D eigenvalue weighted by molar-refractivity contribution is 5.80. The van der Waals surface area contributed by atoms with Crippen molar-refractivity contribution in [3.63, 3.8) is 0 Å². The number of benzene rings is 2. The summed E-state index contributed by atoms with van der Waals surface area (Å²) in [5.41, 5.74) is 3.16. The lowest BCUT2D eigenvalue weighted by Crippen LogP contribution is -2.34. The van der Waals surface area contributed by atoms with E-state index < -0.39 is 11.6 Å². The summed E-state index contributed by atoms with van der Waals surface area (Å²) in [4.78, 5) is 25.2. The van der Waals surface area contributed by atoms with Gasteiger partial charge in [0.1, 0.15) is 17.9 Å². The molecule has 0 unspecified atom stereocenters. The van der Waals surface area contributed by atoms with Crippen molar-refractivity contribution in [3.05, 3.63) is 76.8 Å². The van der Waals surface area contributed by atoms with Gasteiger partial charge in [0.25, 0.3) is 0 Å². The molecule has 0 amide bonds. The van der Waals surface area contributed by atoms with Gasteiger partial charge in [-0.05, 0) is 42.2 Å². The second kappa shape index (κ2) is 8.41. The Morgan fingerprint density at radius 1 is 1.03 bits per heavy atom. The van der Waals surface area contributed by atoms with Crippen LogP contribution in [-0.4, -0.2) is 28.0 Å². The Morgan fingerprint density at radius 3 is 2.47 bits per heavy atom. The van der Waals surface area contributed by atoms with Crippen molar-refractivity contribution < 1.29 is 13.2 Å². The Balaban J connectivity index is 1.33. The number of nitroso groups, excluding NO2 is 1. The van der Waals surface area contributed by atoms with Crippen molar-refractivity contribution in [1.82, 2.24) is 15.0 Å². The van der Waals surface area contributed by atoms with Crippen LogP contribution in [0.2, 0.25) is 0 Å². The lowest BCUT2D eigenvalue weighted by Gasteiger charge is -2.30. The molecule has 0 aliphatic carbocycles. The summed E-state index contributed by atoms with van der Waals surface area (Å²) < 4.78 is 33.2. The predicted molar refractivity (Wildman–Crippen MR) is 115 cm³/mol. The normalized spacial score (nSPS) is 14.8. The predicted octanol–water partition coefficient (Wildman–Crippen LogP) is 5.21. The highest BCUT2D eigenvalue weighted by Crippen LogP contribution is 2.32. The van der Waals surface area contributed by atoms with Gasteiger partial charge >= 0.3 is 0 Å². The van der Waals surface area contributed by atoms with Crippen LogP contribution in [0.3, 0.4) is 0 Å². The number of nitrogens with zero attached hydrogens (tertiary/aromatic N) is 5. The van der Waals surface area contributed by atoms with Gasteiger partial charge in [-0.25, -0.2) is 23.7 Å². The quantitative estimate of drug-likeness (QED) is 0.400. The minimum Gasteiger partial charge on any atom is -0.440 e. The molecule has 162 valence electrons. The standard InChI is InChI=1S/C23H19F2N5O2/c24-18-12-26-23(27-13-18)30-7-5-14(6-8-30)22-29-20-10-16(3-4-21(20)32-22)15-1-2-17(11-28-31)19(25)9-15/h1-4,9-10,12-14H,5-8,11H2. The zero-order valence-corrected chi connectivity index (χ0v) is 17.0. The Kier molecular flexibility index (Phi) is 5.30. The van der Waals surface area contributed by atoms with Crippen LogP contribution >= 0.6 is 0 Å². The maximum absolute atomic E-state index is 14.2. The first kappa shape index (κ1) is 20.2. The Labute approximate surface area is 182 Å². The van der Waals surface area contributed by atoms with E-state index in [2.05, 4.69) is 20.1 Å². The van der Waals surface area contributed by atoms with E-state index in [1.165, 1.54) is 18.5 Å². The van der Waals surface area contributed by atoms with Crippen LogP contribution in [0.25, 0.3) is 22.2 Å². The molecule has 0 spiro atoms. The number of rotatable bonds is 5. The molecule has 2 aromatic heterocycles. The third-order valence-corrected chi connectivity index (χ3v) is 5.76. The number of hydrogen-bond acceptors (Lipinski definition) is 7. The Bertz CT molecular complexity index is 1270. The van der Waals surface area contributed by atoms with E-state index in [-0.39, 0.29) is 18.0 Å². The van der Waals surface area contributed by atoms with Gasteiger partial charge in [-0.15, -0.1) is 0 Å². The van der Waals surface area contributed by atoms with Gasteiger partial charge in [0.15, 0.2) is 17.3 Å². The van der Waals surface area contributed by atoms with Crippen molar-refractivity contribution in [2.24, 2.45) is 5.18 Å². The molecule has 9 heteroatoms. The molecule has 0 atom stereocenters. The summed E-state index contributed by atoms with van der Waals surface area (Å²) in [5, 5.41) is 2.75. The van der Waals surface area contributed by atoms with Crippen LogP contribution in [0.4, 0.5) is 14.7 Å². The highest BCUT2D eigenvalue weighted by Gasteiger charge is 2.26. The van der Waals surface area contributed by atoms with Crippen molar-refractivity contribution in [2.75, 3.05) is 18.0 Å². The van der Waals surface area contributed by atoms with Crippen molar-refractivity contribution in [2.45, 2.75) is 25.3 Å². The zero-order valence-electron chi connectivity index (χ0n) is 17.0. The molecule has 0 radical (unpaired) electrons. The molecule has 32 heavy (non-hydrogen) atoms. The summed E-state index contributed by atoms with van der Waals surface area (Å²) in [5.74, 6) is 0.450. The monoisotopic (exact) mass is 435 g/mol. The molecule has 0 bridgehead atoms. The molecule has 2 aromatic carbocycles. The summed E-state index contributed by atoms with van der Waals surface area (Å²) in [6.07, 6.45) is 3.98. The molecule has 1 fully saturated rings. The number of fused-ring (bicyclic) bond motifs is 1. The minimum atomic E-state index is -0.458. The molecular formula is C23H19F2N5O2. The first-order valence-electron chi connectivity index (χ1n) is 10.3. The molecule has 0 N–H and O–H groups in total. The van der Waals surface area contributed by atoms with Gasteiger partial charge in [-0.3, -0.25) is 0 Å². The average Bonchev–Trinajstić information content (AvgIpc) is 3.25. The van der Waals surface area contributed by atoms with E-state index in [1.807, 2.05) is 23.1 Å². The molecule has 7 nitrogen and oxygen atoms in total. The largest absolute Gasteiger partial charge is 0.440 e. The maximum atomic E-state index is 14.2. The number of hydrogen-bond donors (Lipinski definition) is 0. The third-order valence-electron chi connectivity index (χ3n) is 5.76. The molecular weight excluding hydrogens is 416 g/mol. The van der Waals surface area contributed by atoms with Gasteiger partial charge in [-0.1, -0.05) is 23.4 Å². The Hall–Kier alpha value is -3.75. The second-order valence-corrected chi connectivity index (χ2v) is 7.79. The fourth-order valence-corrected chi connectivity index (χ4v) is 4.02. The molecule has 5 rings (SSSR count). The van der Waals surface area contributed by atoms with Crippen molar-refractivity contribution >= 4 is 17.0 Å². The molecule has 1 saturated heterocycles. The minimum absolute atomic E-state index is 0.162. The van der Waals surface area contributed by atoms with Crippen LogP contribution in [0.1, 0.15) is 30.2 Å². The molecule has 1 aliphatic rings. The van der Waals surface area contributed by atoms with Gasteiger partial charge in [0, 0.05) is 24.6 Å². The van der Waals surface area contributed by atoms with E-state index in [4.69, 9.17) is 4.42 Å². The van der Waals surface area contributed by atoms with Crippen LogP contribution in [0.15, 0.2) is 58.4 Å². The van der Waals surface area contributed by atoms with Crippen molar-refractivity contribution in [1.29, 1.82) is 0 Å².